The molecule has 156 valence electrons. The molecule has 0 fully saturated rings. The molecule has 1 N–H and O–H groups in total. The van der Waals surface area contributed by atoms with Crippen LogP contribution in [-0.4, -0.2) is 24.5 Å². The third kappa shape index (κ3) is 3.52. The third-order valence-electron chi connectivity index (χ3n) is 6.16. The molecule has 1 unspecified atom stereocenters. The smallest absolute Gasteiger partial charge is 0.236 e. The monoisotopic (exact) mass is 410 g/mol. The highest BCUT2D eigenvalue weighted by atomic mass is 16.5. The summed E-state index contributed by atoms with van der Waals surface area (Å²) in [5.74, 6) is 0.720. The van der Waals surface area contributed by atoms with Gasteiger partial charge in [-0.1, -0.05) is 56.3 Å². The number of rotatable bonds is 4. The van der Waals surface area contributed by atoms with Crippen molar-refractivity contribution in [2.45, 2.75) is 32.7 Å². The summed E-state index contributed by atoms with van der Waals surface area (Å²) < 4.78 is 5.90. The minimum absolute atomic E-state index is 0.0247. The second-order valence-electron chi connectivity index (χ2n) is 8.74. The van der Waals surface area contributed by atoms with E-state index in [1.807, 2.05) is 49.4 Å². The fourth-order valence-electron chi connectivity index (χ4n) is 4.45. The maximum atomic E-state index is 13.5. The zero-order valence-corrected chi connectivity index (χ0v) is 18.1. The van der Waals surface area contributed by atoms with Crippen LogP contribution in [0.1, 0.15) is 42.0 Å². The van der Waals surface area contributed by atoms with Gasteiger partial charge in [0, 0.05) is 11.3 Å². The number of aliphatic imine (C=N–C) groups is 1. The lowest BCUT2D eigenvalue weighted by atomic mass is 9.94. The van der Waals surface area contributed by atoms with Crippen molar-refractivity contribution in [3.63, 3.8) is 0 Å². The highest BCUT2D eigenvalue weighted by Crippen LogP contribution is 2.45. The van der Waals surface area contributed by atoms with Crippen LogP contribution in [0, 0.1) is 12.8 Å². The fraction of sp³-hybridized carbons (Fsp3) is 0.259. The average molecular weight is 411 g/mol. The maximum absolute atomic E-state index is 13.5. The number of nitrogens with zero attached hydrogens (tertiary/aromatic N) is 1. The van der Waals surface area contributed by atoms with Crippen molar-refractivity contribution in [2.24, 2.45) is 10.9 Å². The van der Waals surface area contributed by atoms with E-state index >= 15 is 0 Å². The zero-order chi connectivity index (χ0) is 21.5. The zero-order valence-electron chi connectivity index (χ0n) is 18.1. The van der Waals surface area contributed by atoms with E-state index in [9.17, 15) is 4.79 Å². The second-order valence-corrected chi connectivity index (χ2v) is 8.74. The minimum atomic E-state index is -0.366. The molecule has 2 atom stereocenters. The number of fused-ring (bicyclic) bond motifs is 3. The van der Waals surface area contributed by atoms with E-state index < -0.39 is 0 Å². The van der Waals surface area contributed by atoms with Crippen molar-refractivity contribution < 1.29 is 9.53 Å². The standard InChI is InChI=1S/C27H26N2O2/c1-16(2)24-15-31-27(29-24)18-11-12-21-20-9-4-5-10-22(20)25(23(21)14-18)26(30)28-19-8-6-7-17(3)13-19/h4-14,16,24-25H,15H2,1-3H3,(H,28,30)/t24-,25?/m1/s1. The van der Waals surface area contributed by atoms with E-state index in [1.54, 1.807) is 0 Å². The van der Waals surface area contributed by atoms with E-state index in [0.717, 1.165) is 39.1 Å². The van der Waals surface area contributed by atoms with Gasteiger partial charge in [-0.25, -0.2) is 4.99 Å². The van der Waals surface area contributed by atoms with Gasteiger partial charge in [0.25, 0.3) is 0 Å². The minimum Gasteiger partial charge on any atom is -0.475 e. The Bertz CT molecular complexity index is 1200. The van der Waals surface area contributed by atoms with Crippen molar-refractivity contribution in [2.75, 3.05) is 11.9 Å². The second kappa shape index (κ2) is 7.69. The summed E-state index contributed by atoms with van der Waals surface area (Å²) in [4.78, 5) is 18.2. The fourth-order valence-corrected chi connectivity index (χ4v) is 4.45. The molecule has 3 aromatic rings. The number of ether oxygens (including phenoxy) is 1. The Balaban J connectivity index is 1.54. The summed E-state index contributed by atoms with van der Waals surface area (Å²) >= 11 is 0. The summed E-state index contributed by atoms with van der Waals surface area (Å²) in [6, 6.07) is 22.5. The van der Waals surface area contributed by atoms with Crippen LogP contribution in [0.3, 0.4) is 0 Å². The van der Waals surface area contributed by atoms with Crippen LogP contribution in [0.15, 0.2) is 71.7 Å². The number of carbonyl (C=O) groups excluding carboxylic acids is 1. The Kier molecular flexibility index (Phi) is 4.85. The van der Waals surface area contributed by atoms with Crippen LogP contribution in [-0.2, 0) is 9.53 Å². The van der Waals surface area contributed by atoms with Crippen LogP contribution in [0.4, 0.5) is 5.69 Å². The third-order valence-corrected chi connectivity index (χ3v) is 6.16. The van der Waals surface area contributed by atoms with Gasteiger partial charge in [-0.2, -0.15) is 0 Å². The number of anilines is 1. The molecule has 4 heteroatoms. The SMILES string of the molecule is Cc1cccc(NC(=O)C2c3ccccc3-c3ccc(C4=N[C@@H](C(C)C)CO4)cc32)c1. The predicted octanol–water partition coefficient (Wildman–Crippen LogP) is 5.55. The number of hydrogen-bond acceptors (Lipinski definition) is 3. The van der Waals surface area contributed by atoms with E-state index in [4.69, 9.17) is 9.73 Å². The molecule has 1 aliphatic heterocycles. The van der Waals surface area contributed by atoms with Crippen molar-refractivity contribution in [1.82, 2.24) is 0 Å². The summed E-state index contributed by atoms with van der Waals surface area (Å²) in [7, 11) is 0. The molecule has 5 rings (SSSR count). The molecule has 0 saturated heterocycles. The Morgan fingerprint density at radius 2 is 1.81 bits per heavy atom. The first kappa shape index (κ1) is 19.6. The molecule has 31 heavy (non-hydrogen) atoms. The first-order valence-corrected chi connectivity index (χ1v) is 10.8. The first-order chi connectivity index (χ1) is 15.0. The van der Waals surface area contributed by atoms with Crippen LogP contribution in [0.5, 0.6) is 0 Å². The van der Waals surface area contributed by atoms with Crippen LogP contribution in [0.25, 0.3) is 11.1 Å². The van der Waals surface area contributed by atoms with Crippen LogP contribution in [0.2, 0.25) is 0 Å². The summed E-state index contributed by atoms with van der Waals surface area (Å²) in [6.45, 7) is 6.95. The van der Waals surface area contributed by atoms with E-state index in [1.165, 1.54) is 0 Å². The first-order valence-electron chi connectivity index (χ1n) is 10.8. The lowest BCUT2D eigenvalue weighted by Crippen LogP contribution is -2.21. The normalized spacial score (nSPS) is 18.9. The van der Waals surface area contributed by atoms with Gasteiger partial charge in [-0.15, -0.1) is 0 Å². The van der Waals surface area contributed by atoms with Gasteiger partial charge in [-0.3, -0.25) is 4.79 Å². The van der Waals surface area contributed by atoms with Gasteiger partial charge in [0.05, 0.1) is 12.0 Å². The Labute approximate surface area is 183 Å². The van der Waals surface area contributed by atoms with Gasteiger partial charge in [0.1, 0.15) is 6.61 Å². The summed E-state index contributed by atoms with van der Waals surface area (Å²) in [5, 5.41) is 3.12. The van der Waals surface area contributed by atoms with E-state index in [-0.39, 0.29) is 17.9 Å². The molecule has 0 saturated carbocycles. The number of benzene rings is 3. The van der Waals surface area contributed by atoms with Crippen LogP contribution < -0.4 is 5.32 Å². The molecule has 1 heterocycles. The van der Waals surface area contributed by atoms with Gasteiger partial charge in [-0.05, 0) is 64.9 Å². The largest absolute Gasteiger partial charge is 0.475 e. The van der Waals surface area contributed by atoms with Crippen molar-refractivity contribution in [3.05, 3.63) is 89.0 Å². The lowest BCUT2D eigenvalue weighted by Gasteiger charge is -2.15. The highest BCUT2D eigenvalue weighted by molar-refractivity contribution is 6.04. The topological polar surface area (TPSA) is 50.7 Å². The molecule has 0 bridgehead atoms. The molecule has 2 aliphatic rings. The van der Waals surface area contributed by atoms with Crippen molar-refractivity contribution >= 4 is 17.5 Å². The van der Waals surface area contributed by atoms with Gasteiger partial charge < -0.3 is 10.1 Å². The van der Waals surface area contributed by atoms with Crippen molar-refractivity contribution in [3.8, 4) is 11.1 Å². The quantitative estimate of drug-likeness (QED) is 0.613. The van der Waals surface area contributed by atoms with Gasteiger partial charge in [0.2, 0.25) is 11.8 Å². The Morgan fingerprint density at radius 3 is 2.58 bits per heavy atom. The average Bonchev–Trinajstić information content (AvgIpc) is 3.37. The molecule has 1 amide bonds. The molecular formula is C27H26N2O2. The molecule has 0 spiro atoms. The van der Waals surface area contributed by atoms with Gasteiger partial charge >= 0.3 is 0 Å². The molecule has 4 nitrogen and oxygen atoms in total. The van der Waals surface area contributed by atoms with E-state index in [0.29, 0.717) is 18.4 Å². The number of aryl methyl sites for hydroxylation is 1. The molecule has 0 radical (unpaired) electrons. The molecule has 1 aliphatic carbocycles. The molecule has 3 aromatic carbocycles. The molecule has 0 aromatic heterocycles. The van der Waals surface area contributed by atoms with Crippen LogP contribution >= 0.6 is 0 Å². The summed E-state index contributed by atoms with van der Waals surface area (Å²) in [6.07, 6.45) is 0. The maximum Gasteiger partial charge on any atom is 0.236 e. The number of amides is 1. The number of carbonyl (C=O) groups is 1. The van der Waals surface area contributed by atoms with Gasteiger partial charge in [0.15, 0.2) is 0 Å². The number of nitrogens with one attached hydrogen (secondary N) is 1. The van der Waals surface area contributed by atoms with Crippen molar-refractivity contribution in [1.29, 1.82) is 0 Å². The lowest BCUT2D eigenvalue weighted by molar-refractivity contribution is -0.116. The number of hydrogen-bond donors (Lipinski definition) is 1. The highest BCUT2D eigenvalue weighted by Gasteiger charge is 2.35. The van der Waals surface area contributed by atoms with E-state index in [2.05, 4.69) is 43.4 Å². The predicted molar refractivity (Wildman–Crippen MR) is 125 cm³/mol. The molecular weight excluding hydrogens is 384 g/mol. The Hall–Kier alpha value is -3.40. The Morgan fingerprint density at radius 1 is 1.00 bits per heavy atom. The summed E-state index contributed by atoms with van der Waals surface area (Å²) in [5.41, 5.74) is 7.12.